The van der Waals surface area contributed by atoms with Crippen LogP contribution >= 0.6 is 0 Å². The summed E-state index contributed by atoms with van der Waals surface area (Å²) in [4.78, 5) is 0. The molecule has 0 heterocycles. The molecule has 0 aromatic carbocycles. The molecule has 0 aromatic rings. The normalized spacial score (nSPS) is 0. The Morgan fingerprint density at radius 3 is 0.600 bits per heavy atom. The molecule has 5 heavy (non-hydrogen) atoms. The third-order valence-corrected chi connectivity index (χ3v) is 0. The van der Waals surface area contributed by atoms with Crippen LogP contribution in [0.25, 0.3) is 0 Å². The molecule has 0 N–H and O–H groups in total. The van der Waals surface area contributed by atoms with Crippen molar-refractivity contribution in [2.75, 3.05) is 0 Å². The monoisotopic (exact) mass is 180 g/mol. The molecule has 5 heteroatoms. The fourth-order valence-corrected chi connectivity index (χ4v) is 0. The molecule has 0 spiro atoms. The first-order chi connectivity index (χ1) is 0. The SMILES string of the molecule is [Al+3].[Cl-].[Cl-].[Cl-].[Ti]. The largest absolute Gasteiger partial charge is 3.00 e. The predicted octanol–water partition coefficient (Wildman–Crippen LogP) is -9.37. The van der Waals surface area contributed by atoms with Gasteiger partial charge in [0.25, 0.3) is 0 Å². The van der Waals surface area contributed by atoms with Crippen LogP contribution < -0.4 is 37.2 Å². The van der Waals surface area contributed by atoms with Crippen molar-refractivity contribution in [2.45, 2.75) is 0 Å². The molecule has 0 aliphatic carbocycles. The first kappa shape index (κ1) is 59.4. The Balaban J connectivity index is 0. The van der Waals surface area contributed by atoms with Crippen LogP contribution in [-0.4, -0.2) is 17.4 Å². The van der Waals surface area contributed by atoms with Crippen LogP contribution in [0.15, 0.2) is 0 Å². The van der Waals surface area contributed by atoms with E-state index in [2.05, 4.69) is 0 Å². The van der Waals surface area contributed by atoms with Gasteiger partial charge in [-0.2, -0.15) is 0 Å². The van der Waals surface area contributed by atoms with E-state index in [9.17, 15) is 0 Å². The molecule has 0 fully saturated rings. The average Bonchev–Trinajstić information content (AvgIpc) is 0. The van der Waals surface area contributed by atoms with Gasteiger partial charge in [-0.1, -0.05) is 0 Å². The summed E-state index contributed by atoms with van der Waals surface area (Å²) in [5.41, 5.74) is 0. The summed E-state index contributed by atoms with van der Waals surface area (Å²) in [5, 5.41) is 0. The molecule has 0 saturated carbocycles. The molecule has 0 rings (SSSR count). The van der Waals surface area contributed by atoms with E-state index in [0.29, 0.717) is 0 Å². The third kappa shape index (κ3) is 23.1. The van der Waals surface area contributed by atoms with Crippen LogP contribution in [0, 0.1) is 0 Å². The summed E-state index contributed by atoms with van der Waals surface area (Å²) in [6.07, 6.45) is 0. The van der Waals surface area contributed by atoms with Crippen molar-refractivity contribution in [3.05, 3.63) is 0 Å². The fraction of sp³-hybridized carbons (Fsp3) is 0. The maximum absolute atomic E-state index is 0. The van der Waals surface area contributed by atoms with Crippen molar-refractivity contribution in [3.63, 3.8) is 0 Å². The zero-order chi connectivity index (χ0) is 0. The first-order valence-electron chi connectivity index (χ1n) is 0. The van der Waals surface area contributed by atoms with E-state index in [-0.39, 0.29) is 76.3 Å². The number of halogens is 3. The quantitative estimate of drug-likeness (QED) is 0.326. The van der Waals surface area contributed by atoms with Crippen molar-refractivity contribution in [1.82, 2.24) is 0 Å². The van der Waals surface area contributed by atoms with Gasteiger partial charge in [0.1, 0.15) is 0 Å². The minimum absolute atomic E-state index is 0. The predicted molar refractivity (Wildman–Crippen MR) is 5.75 cm³/mol. The standard InChI is InChI=1S/Al.3ClH.Ti/h;3*1H;/q+3;;;;/p-3. The topological polar surface area (TPSA) is 0 Å². The molecule has 0 aliphatic heterocycles. The molecule has 0 atom stereocenters. The minimum Gasteiger partial charge on any atom is -1.00 e. The zero-order valence-electron chi connectivity index (χ0n) is 2.21. The number of hydrogen-bond donors (Lipinski definition) is 0. The number of rotatable bonds is 0. The van der Waals surface area contributed by atoms with Crippen LogP contribution in [0.1, 0.15) is 0 Å². The van der Waals surface area contributed by atoms with Crippen molar-refractivity contribution in [3.8, 4) is 0 Å². The molecular formula is AlCl3Ti. The number of hydrogen-bond acceptors (Lipinski definition) is 0. The molecule has 0 saturated heterocycles. The van der Waals surface area contributed by atoms with Gasteiger partial charge in [-0.15, -0.1) is 0 Å². The van der Waals surface area contributed by atoms with Gasteiger partial charge in [-0.3, -0.25) is 0 Å². The second-order valence-corrected chi connectivity index (χ2v) is 0. The Kier molecular flexibility index (Phi) is 425. The van der Waals surface area contributed by atoms with Gasteiger partial charge in [0.05, 0.1) is 0 Å². The zero-order valence-corrected chi connectivity index (χ0v) is 7.20. The molecule has 28 valence electrons. The van der Waals surface area contributed by atoms with Gasteiger partial charge in [-0.25, -0.2) is 0 Å². The smallest absolute Gasteiger partial charge is 1.00 e. The van der Waals surface area contributed by atoms with E-state index >= 15 is 0 Å². The second kappa shape index (κ2) is 35.7. The molecule has 0 bridgehead atoms. The van der Waals surface area contributed by atoms with E-state index < -0.39 is 0 Å². The minimum atomic E-state index is 0. The van der Waals surface area contributed by atoms with Crippen molar-refractivity contribution in [2.24, 2.45) is 0 Å². The van der Waals surface area contributed by atoms with Crippen LogP contribution in [0.5, 0.6) is 0 Å². The summed E-state index contributed by atoms with van der Waals surface area (Å²) >= 11 is 0. The van der Waals surface area contributed by atoms with Gasteiger partial charge in [0.15, 0.2) is 0 Å². The maximum atomic E-state index is 0. The van der Waals surface area contributed by atoms with Crippen molar-refractivity contribution in [1.29, 1.82) is 0 Å². The Labute approximate surface area is 75.7 Å². The van der Waals surface area contributed by atoms with E-state index in [1.807, 2.05) is 0 Å². The summed E-state index contributed by atoms with van der Waals surface area (Å²) in [5.74, 6) is 0. The van der Waals surface area contributed by atoms with E-state index in [1.54, 1.807) is 0 Å². The molecule has 0 radical (unpaired) electrons. The molecule has 0 amide bonds. The Hall–Kier alpha value is 2.12. The Bertz CT molecular complexity index is 6.85. The Morgan fingerprint density at radius 2 is 0.600 bits per heavy atom. The molecule has 0 unspecified atom stereocenters. The summed E-state index contributed by atoms with van der Waals surface area (Å²) in [7, 11) is 0. The third-order valence-electron chi connectivity index (χ3n) is 0. The van der Waals surface area contributed by atoms with Gasteiger partial charge in [0.2, 0.25) is 0 Å². The van der Waals surface area contributed by atoms with E-state index in [4.69, 9.17) is 0 Å². The van der Waals surface area contributed by atoms with Gasteiger partial charge in [-0.05, 0) is 0 Å². The van der Waals surface area contributed by atoms with Gasteiger partial charge in [0, 0.05) is 21.7 Å². The molecule has 0 aliphatic rings. The first-order valence-corrected chi connectivity index (χ1v) is 0. The van der Waals surface area contributed by atoms with Crippen molar-refractivity contribution < 1.29 is 58.9 Å². The van der Waals surface area contributed by atoms with Crippen LogP contribution in [-0.2, 0) is 21.7 Å². The second-order valence-electron chi connectivity index (χ2n) is 0. The Morgan fingerprint density at radius 1 is 0.600 bits per heavy atom. The molecule has 0 aromatic heterocycles. The van der Waals surface area contributed by atoms with E-state index in [0.717, 1.165) is 0 Å². The fourth-order valence-electron chi connectivity index (χ4n) is 0. The van der Waals surface area contributed by atoms with Crippen LogP contribution in [0.4, 0.5) is 0 Å². The molecule has 0 nitrogen and oxygen atoms in total. The maximum Gasteiger partial charge on any atom is 3.00 e. The van der Waals surface area contributed by atoms with Gasteiger partial charge < -0.3 is 37.2 Å². The van der Waals surface area contributed by atoms with Crippen LogP contribution in [0.3, 0.4) is 0 Å². The van der Waals surface area contributed by atoms with Crippen molar-refractivity contribution >= 4 is 17.4 Å². The van der Waals surface area contributed by atoms with Crippen LogP contribution in [0.2, 0.25) is 0 Å². The summed E-state index contributed by atoms with van der Waals surface area (Å²) in [6.45, 7) is 0. The average molecular weight is 181 g/mol. The van der Waals surface area contributed by atoms with Gasteiger partial charge >= 0.3 is 17.4 Å². The summed E-state index contributed by atoms with van der Waals surface area (Å²) < 4.78 is 0. The van der Waals surface area contributed by atoms with E-state index in [1.165, 1.54) is 0 Å². The molecular weight excluding hydrogens is 181 g/mol. The summed E-state index contributed by atoms with van der Waals surface area (Å²) in [6, 6.07) is 0.